The van der Waals surface area contributed by atoms with Crippen LogP contribution in [0.25, 0.3) is 0 Å². The zero-order chi connectivity index (χ0) is 17.6. The van der Waals surface area contributed by atoms with Crippen molar-refractivity contribution >= 4 is 31.9 Å². The number of sulfonamides is 1. The zero-order valence-electron chi connectivity index (χ0n) is 13.1. The highest BCUT2D eigenvalue weighted by Gasteiger charge is 2.25. The molecule has 0 aliphatic rings. The molecular formula is C16H18BrN3O3S. The molecule has 1 heterocycles. The number of hydrogen-bond donors (Lipinski definition) is 1. The van der Waals surface area contributed by atoms with E-state index in [-0.39, 0.29) is 30.4 Å². The summed E-state index contributed by atoms with van der Waals surface area (Å²) in [6, 6.07) is 11.7. The molecule has 1 aromatic carbocycles. The number of nitrogens with one attached hydrogen (secondary N) is 1. The van der Waals surface area contributed by atoms with Crippen LogP contribution in [0.4, 0.5) is 0 Å². The van der Waals surface area contributed by atoms with E-state index in [9.17, 15) is 13.2 Å². The number of amides is 1. The molecule has 0 aliphatic carbocycles. The van der Waals surface area contributed by atoms with Gasteiger partial charge in [-0.2, -0.15) is 4.31 Å². The Morgan fingerprint density at radius 2 is 1.92 bits per heavy atom. The van der Waals surface area contributed by atoms with Crippen LogP contribution in [-0.4, -0.2) is 36.7 Å². The molecule has 0 radical (unpaired) electrons. The van der Waals surface area contributed by atoms with Gasteiger partial charge in [-0.25, -0.2) is 8.42 Å². The first-order valence-corrected chi connectivity index (χ1v) is 9.59. The lowest BCUT2D eigenvalue weighted by Crippen LogP contribution is -2.40. The summed E-state index contributed by atoms with van der Waals surface area (Å²) in [6.07, 6.45) is 1.64. The number of hydrogen-bond acceptors (Lipinski definition) is 4. The molecule has 1 amide bonds. The quantitative estimate of drug-likeness (QED) is 0.756. The lowest BCUT2D eigenvalue weighted by molar-refractivity contribution is -0.121. The second-order valence-electron chi connectivity index (χ2n) is 4.98. The summed E-state index contributed by atoms with van der Waals surface area (Å²) >= 11 is 3.27. The maximum Gasteiger partial charge on any atom is 0.243 e. The minimum absolute atomic E-state index is 0.157. The number of likely N-dealkylation sites (N-methyl/N-ethyl adjacent to an activating group) is 1. The Morgan fingerprint density at radius 3 is 2.50 bits per heavy atom. The molecule has 1 aromatic heterocycles. The van der Waals surface area contributed by atoms with E-state index in [1.807, 2.05) is 6.07 Å². The normalized spacial score (nSPS) is 11.5. The molecule has 0 saturated carbocycles. The second kappa shape index (κ2) is 8.36. The van der Waals surface area contributed by atoms with Crippen molar-refractivity contribution in [2.45, 2.75) is 18.4 Å². The van der Waals surface area contributed by atoms with Gasteiger partial charge in [0.15, 0.2) is 0 Å². The third-order valence-corrected chi connectivity index (χ3v) is 5.78. The number of halogens is 1. The van der Waals surface area contributed by atoms with Crippen molar-refractivity contribution in [3.05, 3.63) is 58.8 Å². The molecule has 128 valence electrons. The molecule has 0 aliphatic heterocycles. The number of carbonyl (C=O) groups excluding carboxylic acids is 1. The highest BCUT2D eigenvalue weighted by atomic mass is 79.9. The van der Waals surface area contributed by atoms with Crippen LogP contribution in [0.3, 0.4) is 0 Å². The van der Waals surface area contributed by atoms with Gasteiger partial charge in [0.25, 0.3) is 0 Å². The van der Waals surface area contributed by atoms with Gasteiger partial charge in [-0.05, 0) is 36.4 Å². The van der Waals surface area contributed by atoms with Crippen LogP contribution in [0.15, 0.2) is 58.0 Å². The van der Waals surface area contributed by atoms with Crippen molar-refractivity contribution in [2.75, 3.05) is 13.1 Å². The van der Waals surface area contributed by atoms with Crippen molar-refractivity contribution in [3.63, 3.8) is 0 Å². The molecule has 2 rings (SSSR count). The standard InChI is InChI=1S/C16H18BrN3O3S/c1-2-20(24(22,23)15-8-6-13(17)7-9-15)12-16(21)19-11-14-5-3-4-10-18-14/h3-10H,2,11-12H2,1H3,(H,19,21). The first-order chi connectivity index (χ1) is 11.4. The van der Waals surface area contributed by atoms with Crippen molar-refractivity contribution in [3.8, 4) is 0 Å². The van der Waals surface area contributed by atoms with E-state index < -0.39 is 10.0 Å². The second-order valence-corrected chi connectivity index (χ2v) is 7.84. The predicted octanol–water partition coefficient (Wildman–Crippen LogP) is 2.17. The van der Waals surface area contributed by atoms with Gasteiger partial charge in [0.1, 0.15) is 0 Å². The van der Waals surface area contributed by atoms with Gasteiger partial charge < -0.3 is 5.32 Å². The molecule has 8 heteroatoms. The Bertz CT molecular complexity index is 780. The molecule has 0 unspecified atom stereocenters. The molecule has 6 nitrogen and oxygen atoms in total. The first kappa shape index (κ1) is 18.6. The summed E-state index contributed by atoms with van der Waals surface area (Å²) in [5.74, 6) is -0.372. The van der Waals surface area contributed by atoms with Crippen molar-refractivity contribution < 1.29 is 13.2 Å². The van der Waals surface area contributed by atoms with E-state index in [4.69, 9.17) is 0 Å². The Hall–Kier alpha value is -1.77. The fraction of sp³-hybridized carbons (Fsp3) is 0.250. The van der Waals surface area contributed by atoms with Gasteiger partial charge in [0, 0.05) is 17.2 Å². The average molecular weight is 412 g/mol. The molecule has 0 saturated heterocycles. The summed E-state index contributed by atoms with van der Waals surface area (Å²) in [6.45, 7) is 1.93. The molecule has 0 bridgehead atoms. The van der Waals surface area contributed by atoms with Crippen LogP contribution >= 0.6 is 15.9 Å². The topological polar surface area (TPSA) is 79.4 Å². The van der Waals surface area contributed by atoms with Crippen molar-refractivity contribution in [1.29, 1.82) is 0 Å². The number of pyridine rings is 1. The Kier molecular flexibility index (Phi) is 6.47. The van der Waals surface area contributed by atoms with Gasteiger partial charge in [-0.15, -0.1) is 0 Å². The van der Waals surface area contributed by atoms with E-state index in [1.54, 1.807) is 37.4 Å². The molecular weight excluding hydrogens is 394 g/mol. The Balaban J connectivity index is 2.02. The van der Waals surface area contributed by atoms with Gasteiger partial charge in [0.2, 0.25) is 15.9 Å². The van der Waals surface area contributed by atoms with E-state index in [0.717, 1.165) is 8.78 Å². The number of rotatable bonds is 7. The molecule has 0 fully saturated rings. The summed E-state index contributed by atoms with van der Waals surface area (Å²) in [4.78, 5) is 16.3. The summed E-state index contributed by atoms with van der Waals surface area (Å²) < 4.78 is 27.1. The van der Waals surface area contributed by atoms with Crippen molar-refractivity contribution in [1.82, 2.24) is 14.6 Å². The molecule has 0 atom stereocenters. The number of carbonyl (C=O) groups is 1. The average Bonchev–Trinajstić information content (AvgIpc) is 2.59. The number of benzene rings is 1. The largest absolute Gasteiger partial charge is 0.349 e. The van der Waals surface area contributed by atoms with Crippen LogP contribution in [-0.2, 0) is 21.4 Å². The molecule has 0 spiro atoms. The minimum atomic E-state index is -3.71. The van der Waals surface area contributed by atoms with Crippen LogP contribution in [0.5, 0.6) is 0 Å². The fourth-order valence-corrected chi connectivity index (χ4v) is 3.70. The van der Waals surface area contributed by atoms with Crippen molar-refractivity contribution in [2.24, 2.45) is 0 Å². The predicted molar refractivity (Wildman–Crippen MR) is 94.7 cm³/mol. The molecule has 1 N–H and O–H groups in total. The number of nitrogens with zero attached hydrogens (tertiary/aromatic N) is 2. The highest BCUT2D eigenvalue weighted by Crippen LogP contribution is 2.18. The third-order valence-electron chi connectivity index (χ3n) is 3.32. The summed E-state index contributed by atoms with van der Waals surface area (Å²) in [5.41, 5.74) is 0.713. The van der Waals surface area contributed by atoms with Gasteiger partial charge in [0.05, 0.1) is 23.7 Å². The first-order valence-electron chi connectivity index (χ1n) is 7.36. The monoisotopic (exact) mass is 411 g/mol. The minimum Gasteiger partial charge on any atom is -0.349 e. The van der Waals surface area contributed by atoms with Gasteiger partial charge in [-0.3, -0.25) is 9.78 Å². The van der Waals surface area contributed by atoms with E-state index in [2.05, 4.69) is 26.2 Å². The van der Waals surface area contributed by atoms with Crippen LogP contribution in [0.1, 0.15) is 12.6 Å². The highest BCUT2D eigenvalue weighted by molar-refractivity contribution is 9.10. The summed E-state index contributed by atoms with van der Waals surface area (Å²) in [7, 11) is -3.71. The Labute approximate surface area is 150 Å². The molecule has 24 heavy (non-hydrogen) atoms. The lowest BCUT2D eigenvalue weighted by atomic mass is 10.3. The maximum absolute atomic E-state index is 12.6. The van der Waals surface area contributed by atoms with Gasteiger partial charge >= 0.3 is 0 Å². The summed E-state index contributed by atoms with van der Waals surface area (Å²) in [5, 5.41) is 2.68. The van der Waals surface area contributed by atoms with E-state index in [0.29, 0.717) is 5.69 Å². The number of aromatic nitrogens is 1. The smallest absolute Gasteiger partial charge is 0.243 e. The van der Waals surface area contributed by atoms with E-state index in [1.165, 1.54) is 12.1 Å². The Morgan fingerprint density at radius 1 is 1.21 bits per heavy atom. The van der Waals surface area contributed by atoms with Gasteiger partial charge in [-0.1, -0.05) is 28.9 Å². The third kappa shape index (κ3) is 4.86. The maximum atomic E-state index is 12.6. The van der Waals surface area contributed by atoms with Crippen LogP contribution in [0.2, 0.25) is 0 Å². The van der Waals surface area contributed by atoms with Crippen LogP contribution in [0, 0.1) is 0 Å². The fourth-order valence-electron chi connectivity index (χ4n) is 2.03. The van der Waals surface area contributed by atoms with Crippen LogP contribution < -0.4 is 5.32 Å². The zero-order valence-corrected chi connectivity index (χ0v) is 15.5. The SMILES string of the molecule is CCN(CC(=O)NCc1ccccn1)S(=O)(=O)c1ccc(Br)cc1. The lowest BCUT2D eigenvalue weighted by Gasteiger charge is -2.20. The molecule has 2 aromatic rings. The van der Waals surface area contributed by atoms with E-state index >= 15 is 0 Å².